The fourth-order valence-corrected chi connectivity index (χ4v) is 2.79. The molecule has 0 saturated carbocycles. The first-order chi connectivity index (χ1) is 7.94. The van der Waals surface area contributed by atoms with Crippen molar-refractivity contribution in [3.05, 3.63) is 39.9 Å². The molecule has 0 aliphatic rings. The van der Waals surface area contributed by atoms with Gasteiger partial charge in [0.2, 0.25) is 0 Å². The molecular weight excluding hydrogens is 244 g/mol. The van der Waals surface area contributed by atoms with E-state index in [0.29, 0.717) is 18.5 Å². The number of nitrogens with zero attached hydrogens (tertiary/aromatic N) is 1. The third-order valence-electron chi connectivity index (χ3n) is 2.19. The van der Waals surface area contributed by atoms with Crippen LogP contribution < -0.4 is 5.73 Å². The highest BCUT2D eigenvalue weighted by Gasteiger charge is 2.12. The Labute approximate surface area is 99.5 Å². The SMILES string of the molecule is NCCCS(=O)(=O)Cc1ccc([N+](=O)[O-])cc1. The fraction of sp³-hybridized carbons (Fsp3) is 0.400. The second-order valence-electron chi connectivity index (χ2n) is 3.66. The average molecular weight is 258 g/mol. The quantitative estimate of drug-likeness (QED) is 0.602. The number of rotatable bonds is 6. The Balaban J connectivity index is 2.72. The van der Waals surface area contributed by atoms with E-state index in [9.17, 15) is 18.5 Å². The molecule has 94 valence electrons. The van der Waals surface area contributed by atoms with Crippen LogP contribution in [-0.4, -0.2) is 25.6 Å². The molecule has 0 heterocycles. The molecule has 1 rings (SSSR count). The van der Waals surface area contributed by atoms with Gasteiger partial charge < -0.3 is 5.73 Å². The predicted octanol–water partition coefficient (Wildman–Crippen LogP) is 0.858. The Kier molecular flexibility index (Phi) is 4.59. The summed E-state index contributed by atoms with van der Waals surface area (Å²) in [4.78, 5) is 9.89. The topological polar surface area (TPSA) is 103 Å². The standard InChI is InChI=1S/C10H14N2O4S/c11-6-1-7-17(15,16)8-9-2-4-10(5-3-9)12(13)14/h2-5H,1,6-8,11H2. The number of nitro benzene ring substituents is 1. The number of sulfone groups is 1. The maximum atomic E-state index is 11.6. The summed E-state index contributed by atoms with van der Waals surface area (Å²) in [5, 5.41) is 10.4. The zero-order valence-electron chi connectivity index (χ0n) is 9.20. The maximum Gasteiger partial charge on any atom is 0.269 e. The first-order valence-corrected chi connectivity index (χ1v) is 6.90. The molecule has 6 nitrogen and oxygen atoms in total. The van der Waals surface area contributed by atoms with Crippen LogP contribution in [0.25, 0.3) is 0 Å². The van der Waals surface area contributed by atoms with Crippen LogP contribution in [0, 0.1) is 10.1 Å². The maximum absolute atomic E-state index is 11.6. The van der Waals surface area contributed by atoms with E-state index in [1.54, 1.807) is 0 Å². The normalized spacial score (nSPS) is 11.4. The van der Waals surface area contributed by atoms with Gasteiger partial charge in [0, 0.05) is 12.1 Å². The van der Waals surface area contributed by atoms with E-state index >= 15 is 0 Å². The van der Waals surface area contributed by atoms with E-state index in [1.807, 2.05) is 0 Å². The van der Waals surface area contributed by atoms with E-state index in [2.05, 4.69) is 0 Å². The Hall–Kier alpha value is -1.47. The van der Waals surface area contributed by atoms with Crippen molar-refractivity contribution in [3.8, 4) is 0 Å². The number of hydrogen-bond donors (Lipinski definition) is 1. The molecule has 0 aliphatic carbocycles. The molecule has 2 N–H and O–H groups in total. The molecule has 0 fully saturated rings. The lowest BCUT2D eigenvalue weighted by atomic mass is 10.2. The second kappa shape index (κ2) is 5.74. The first kappa shape index (κ1) is 13.6. The Morgan fingerprint density at radius 1 is 1.24 bits per heavy atom. The number of hydrogen-bond acceptors (Lipinski definition) is 5. The zero-order chi connectivity index (χ0) is 12.9. The number of nitrogens with two attached hydrogens (primary N) is 1. The zero-order valence-corrected chi connectivity index (χ0v) is 10.0. The molecule has 0 aromatic heterocycles. The lowest BCUT2D eigenvalue weighted by Gasteiger charge is -2.03. The van der Waals surface area contributed by atoms with Crippen molar-refractivity contribution in [2.45, 2.75) is 12.2 Å². The average Bonchev–Trinajstić information content (AvgIpc) is 2.26. The molecule has 0 bridgehead atoms. The third-order valence-corrected chi connectivity index (χ3v) is 3.88. The predicted molar refractivity (Wildman–Crippen MR) is 64.3 cm³/mol. The molecular formula is C10H14N2O4S. The van der Waals surface area contributed by atoms with Crippen molar-refractivity contribution in [2.75, 3.05) is 12.3 Å². The lowest BCUT2D eigenvalue weighted by molar-refractivity contribution is -0.384. The van der Waals surface area contributed by atoms with E-state index in [-0.39, 0.29) is 17.2 Å². The van der Waals surface area contributed by atoms with Crippen molar-refractivity contribution < 1.29 is 13.3 Å². The van der Waals surface area contributed by atoms with Gasteiger partial charge in [-0.3, -0.25) is 10.1 Å². The van der Waals surface area contributed by atoms with Gasteiger partial charge in [-0.15, -0.1) is 0 Å². The molecule has 7 heteroatoms. The largest absolute Gasteiger partial charge is 0.330 e. The fourth-order valence-electron chi connectivity index (χ4n) is 1.34. The highest BCUT2D eigenvalue weighted by molar-refractivity contribution is 7.90. The van der Waals surface area contributed by atoms with Gasteiger partial charge in [0.25, 0.3) is 5.69 Å². The summed E-state index contributed by atoms with van der Waals surface area (Å²) in [6, 6.07) is 5.51. The minimum Gasteiger partial charge on any atom is -0.330 e. The molecule has 0 spiro atoms. The highest BCUT2D eigenvalue weighted by Crippen LogP contribution is 2.14. The summed E-state index contributed by atoms with van der Waals surface area (Å²) in [5.74, 6) is -0.0640. The van der Waals surface area contributed by atoms with Gasteiger partial charge in [0.15, 0.2) is 9.84 Å². The van der Waals surface area contributed by atoms with Crippen molar-refractivity contribution >= 4 is 15.5 Å². The summed E-state index contributed by atoms with van der Waals surface area (Å²) in [7, 11) is -3.18. The monoisotopic (exact) mass is 258 g/mol. The molecule has 1 aromatic carbocycles. The van der Waals surface area contributed by atoms with Crippen LogP contribution >= 0.6 is 0 Å². The smallest absolute Gasteiger partial charge is 0.269 e. The van der Waals surface area contributed by atoms with Crippen LogP contribution in [0.5, 0.6) is 0 Å². The van der Waals surface area contributed by atoms with Gasteiger partial charge in [-0.2, -0.15) is 0 Å². The van der Waals surface area contributed by atoms with Gasteiger partial charge in [-0.1, -0.05) is 12.1 Å². The molecule has 17 heavy (non-hydrogen) atoms. The van der Waals surface area contributed by atoms with Gasteiger partial charge in [-0.05, 0) is 18.5 Å². The van der Waals surface area contributed by atoms with Crippen LogP contribution in [-0.2, 0) is 15.6 Å². The Morgan fingerprint density at radius 3 is 2.29 bits per heavy atom. The van der Waals surface area contributed by atoms with Gasteiger partial charge >= 0.3 is 0 Å². The van der Waals surface area contributed by atoms with Crippen molar-refractivity contribution in [2.24, 2.45) is 5.73 Å². The molecule has 1 aromatic rings. The number of nitro groups is 1. The molecule has 0 aliphatic heterocycles. The summed E-state index contributed by atoms with van der Waals surface area (Å²) in [6.07, 6.45) is 0.426. The van der Waals surface area contributed by atoms with Crippen molar-refractivity contribution in [1.29, 1.82) is 0 Å². The molecule has 0 atom stereocenters. The Bertz CT molecular complexity index is 482. The van der Waals surface area contributed by atoms with Crippen molar-refractivity contribution in [3.63, 3.8) is 0 Å². The minimum absolute atomic E-state index is 0.0422. The molecule has 0 amide bonds. The van der Waals surface area contributed by atoms with E-state index < -0.39 is 14.8 Å². The minimum atomic E-state index is -3.18. The van der Waals surface area contributed by atoms with Crippen molar-refractivity contribution in [1.82, 2.24) is 0 Å². The summed E-state index contributed by atoms with van der Waals surface area (Å²) >= 11 is 0. The molecule has 0 saturated heterocycles. The van der Waals surface area contributed by atoms with Crippen LogP contribution in [0.1, 0.15) is 12.0 Å². The summed E-state index contributed by atoms with van der Waals surface area (Å²) in [5.41, 5.74) is 5.74. The summed E-state index contributed by atoms with van der Waals surface area (Å²) in [6.45, 7) is 0.333. The first-order valence-electron chi connectivity index (χ1n) is 5.08. The highest BCUT2D eigenvalue weighted by atomic mass is 32.2. The van der Waals surface area contributed by atoms with Gasteiger partial charge in [-0.25, -0.2) is 8.42 Å². The number of benzene rings is 1. The van der Waals surface area contributed by atoms with E-state index in [1.165, 1.54) is 24.3 Å². The van der Waals surface area contributed by atoms with Gasteiger partial charge in [0.1, 0.15) is 0 Å². The number of non-ortho nitro benzene ring substituents is 1. The third kappa shape index (κ3) is 4.49. The van der Waals surface area contributed by atoms with E-state index in [4.69, 9.17) is 5.73 Å². The molecule has 0 radical (unpaired) electrons. The van der Waals surface area contributed by atoms with E-state index in [0.717, 1.165) is 0 Å². The molecule has 0 unspecified atom stereocenters. The van der Waals surface area contributed by atoms with Crippen LogP contribution in [0.2, 0.25) is 0 Å². The Morgan fingerprint density at radius 2 is 1.82 bits per heavy atom. The summed E-state index contributed by atoms with van der Waals surface area (Å²) < 4.78 is 23.2. The van der Waals surface area contributed by atoms with Crippen LogP contribution in [0.4, 0.5) is 5.69 Å². The lowest BCUT2D eigenvalue weighted by Crippen LogP contribution is -2.13. The van der Waals surface area contributed by atoms with Crippen LogP contribution in [0.3, 0.4) is 0 Å². The van der Waals surface area contributed by atoms with Crippen LogP contribution in [0.15, 0.2) is 24.3 Å². The van der Waals surface area contributed by atoms with Gasteiger partial charge in [0.05, 0.1) is 16.4 Å². The second-order valence-corrected chi connectivity index (χ2v) is 5.84.